The molecule has 1 aliphatic rings. The van der Waals surface area contributed by atoms with Crippen molar-refractivity contribution in [1.82, 2.24) is 24.6 Å². The number of aromatic nitrogens is 4. The van der Waals surface area contributed by atoms with Crippen LogP contribution in [0.2, 0.25) is 5.02 Å². The Hall–Kier alpha value is -2.55. The average molecular weight is 443 g/mol. The van der Waals surface area contributed by atoms with Crippen LogP contribution in [0, 0.1) is 17.6 Å². The van der Waals surface area contributed by atoms with Crippen LogP contribution in [0.15, 0.2) is 42.6 Å². The maximum absolute atomic E-state index is 12.7. The Balaban J connectivity index is 1.40. The first kappa shape index (κ1) is 20.7. The van der Waals surface area contributed by atoms with Crippen molar-refractivity contribution in [2.45, 2.75) is 26.4 Å². The number of hydrogen-bond donors (Lipinski definition) is 2. The normalized spacial score (nSPS) is 17.1. The highest BCUT2D eigenvalue weighted by molar-refractivity contribution is 7.71. The zero-order chi connectivity index (χ0) is 21.1. The number of aromatic amines is 1. The highest BCUT2D eigenvalue weighted by Crippen LogP contribution is 2.20. The molecule has 1 amide bonds. The average Bonchev–Trinajstić information content (AvgIpc) is 3.10. The summed E-state index contributed by atoms with van der Waals surface area (Å²) in [5, 5.41) is 6.71. The molecule has 1 aliphatic heterocycles. The number of carbonyl (C=O) groups is 1. The molecular formula is C21H23ClN6OS. The maximum Gasteiger partial charge on any atom is 0.229 e. The van der Waals surface area contributed by atoms with E-state index in [9.17, 15) is 4.79 Å². The van der Waals surface area contributed by atoms with Crippen LogP contribution in [-0.4, -0.2) is 43.6 Å². The molecule has 1 aromatic carbocycles. The second-order valence-corrected chi connectivity index (χ2v) is 8.36. The SMILES string of the molecule is Cc1ccc(-c2nc(=S)n(CN3CCC[C@H](C(=O)Nc4ccc(Cl)cn4)C3)[nH]2)cc1. The third-order valence-corrected chi connectivity index (χ3v) is 5.74. The van der Waals surface area contributed by atoms with Crippen molar-refractivity contribution in [3.05, 3.63) is 58.0 Å². The lowest BCUT2D eigenvalue weighted by Gasteiger charge is -2.31. The van der Waals surface area contributed by atoms with Gasteiger partial charge < -0.3 is 5.32 Å². The standard InChI is InChI=1S/C21H23ClN6OS/c1-14-4-6-15(7-5-14)19-25-21(30)28(26-19)13-27-10-2-3-16(12-27)20(29)24-18-9-8-17(22)11-23-18/h4-9,11,16H,2-3,10,12-13H2,1H3,(H,23,24,29)(H,25,26,30)/t16-/m0/s1. The minimum absolute atomic E-state index is 0.0249. The lowest BCUT2D eigenvalue weighted by atomic mass is 9.97. The van der Waals surface area contributed by atoms with Crippen LogP contribution in [0.5, 0.6) is 0 Å². The fourth-order valence-corrected chi connectivity index (χ4v) is 3.88. The number of aryl methyl sites for hydroxylation is 1. The van der Waals surface area contributed by atoms with Crippen molar-refractivity contribution < 1.29 is 4.79 Å². The van der Waals surface area contributed by atoms with Gasteiger partial charge in [0.25, 0.3) is 0 Å². The van der Waals surface area contributed by atoms with E-state index in [0.29, 0.717) is 28.8 Å². The molecule has 1 fully saturated rings. The van der Waals surface area contributed by atoms with Crippen LogP contribution in [0.4, 0.5) is 5.82 Å². The van der Waals surface area contributed by atoms with E-state index in [1.807, 2.05) is 16.8 Å². The van der Waals surface area contributed by atoms with Gasteiger partial charge in [-0.2, -0.15) is 4.98 Å². The van der Waals surface area contributed by atoms with Crippen LogP contribution in [0.1, 0.15) is 18.4 Å². The van der Waals surface area contributed by atoms with E-state index in [4.69, 9.17) is 23.8 Å². The Kier molecular flexibility index (Phi) is 6.26. The molecular weight excluding hydrogens is 420 g/mol. The third-order valence-electron chi connectivity index (χ3n) is 5.20. The molecule has 3 heterocycles. The van der Waals surface area contributed by atoms with Gasteiger partial charge in [-0.1, -0.05) is 41.4 Å². The van der Waals surface area contributed by atoms with Gasteiger partial charge in [0, 0.05) is 18.3 Å². The van der Waals surface area contributed by atoms with Crippen molar-refractivity contribution in [2.75, 3.05) is 18.4 Å². The van der Waals surface area contributed by atoms with E-state index >= 15 is 0 Å². The Labute approximate surface area is 185 Å². The van der Waals surface area contributed by atoms with Crippen LogP contribution >= 0.6 is 23.8 Å². The molecule has 4 rings (SSSR count). The number of pyridine rings is 1. The number of rotatable bonds is 5. The number of carbonyl (C=O) groups excluding carboxylic acids is 1. The molecule has 0 bridgehead atoms. The largest absolute Gasteiger partial charge is 0.310 e. The molecule has 0 spiro atoms. The summed E-state index contributed by atoms with van der Waals surface area (Å²) in [5.74, 6) is 1.13. The smallest absolute Gasteiger partial charge is 0.229 e. The van der Waals surface area contributed by atoms with Gasteiger partial charge in [0.05, 0.1) is 17.6 Å². The van der Waals surface area contributed by atoms with Gasteiger partial charge in [-0.3, -0.25) is 14.8 Å². The van der Waals surface area contributed by atoms with E-state index in [-0.39, 0.29) is 11.8 Å². The highest BCUT2D eigenvalue weighted by atomic mass is 35.5. The number of benzene rings is 1. The fourth-order valence-electron chi connectivity index (χ4n) is 3.57. The quantitative estimate of drug-likeness (QED) is 0.577. The van der Waals surface area contributed by atoms with Crippen molar-refractivity contribution in [1.29, 1.82) is 0 Å². The van der Waals surface area contributed by atoms with E-state index in [1.54, 1.807) is 12.1 Å². The summed E-state index contributed by atoms with van der Waals surface area (Å²) in [4.78, 5) is 23.5. The molecule has 0 unspecified atom stereocenters. The number of piperidine rings is 1. The van der Waals surface area contributed by atoms with E-state index in [0.717, 1.165) is 30.8 Å². The molecule has 2 aromatic heterocycles. The summed E-state index contributed by atoms with van der Waals surface area (Å²) < 4.78 is 2.36. The molecule has 2 N–H and O–H groups in total. The van der Waals surface area contributed by atoms with E-state index in [1.165, 1.54) is 11.8 Å². The molecule has 30 heavy (non-hydrogen) atoms. The first-order chi connectivity index (χ1) is 14.5. The van der Waals surface area contributed by atoms with Crippen LogP contribution in [0.25, 0.3) is 11.4 Å². The predicted molar refractivity (Wildman–Crippen MR) is 120 cm³/mol. The Morgan fingerprint density at radius 2 is 2.10 bits per heavy atom. The van der Waals surface area contributed by atoms with Crippen molar-refractivity contribution in [3.8, 4) is 11.4 Å². The van der Waals surface area contributed by atoms with Gasteiger partial charge in [-0.05, 0) is 50.7 Å². The lowest BCUT2D eigenvalue weighted by molar-refractivity contribution is -0.121. The molecule has 3 aromatic rings. The number of likely N-dealkylation sites (tertiary alicyclic amines) is 1. The van der Waals surface area contributed by atoms with Crippen LogP contribution in [0.3, 0.4) is 0 Å². The van der Waals surface area contributed by atoms with Gasteiger partial charge in [0.15, 0.2) is 5.82 Å². The van der Waals surface area contributed by atoms with Crippen LogP contribution < -0.4 is 5.32 Å². The van der Waals surface area contributed by atoms with Gasteiger partial charge in [-0.25, -0.2) is 9.67 Å². The van der Waals surface area contributed by atoms with Crippen molar-refractivity contribution >= 4 is 35.5 Å². The zero-order valence-corrected chi connectivity index (χ0v) is 18.2. The Morgan fingerprint density at radius 3 is 2.83 bits per heavy atom. The predicted octanol–water partition coefficient (Wildman–Crippen LogP) is 4.27. The van der Waals surface area contributed by atoms with Crippen LogP contribution in [-0.2, 0) is 11.5 Å². The summed E-state index contributed by atoms with van der Waals surface area (Å²) in [6.07, 6.45) is 3.31. The zero-order valence-electron chi connectivity index (χ0n) is 16.6. The second-order valence-electron chi connectivity index (χ2n) is 7.56. The molecule has 156 valence electrons. The van der Waals surface area contributed by atoms with E-state index < -0.39 is 0 Å². The lowest BCUT2D eigenvalue weighted by Crippen LogP contribution is -2.41. The molecule has 0 aliphatic carbocycles. The Morgan fingerprint density at radius 1 is 1.30 bits per heavy atom. The third kappa shape index (κ3) is 4.95. The van der Waals surface area contributed by atoms with Gasteiger partial charge in [0.2, 0.25) is 10.7 Å². The fraction of sp³-hybridized carbons (Fsp3) is 0.333. The number of amides is 1. The first-order valence-corrected chi connectivity index (χ1v) is 10.7. The number of anilines is 1. The minimum atomic E-state index is -0.107. The summed E-state index contributed by atoms with van der Waals surface area (Å²) in [6, 6.07) is 11.6. The Bertz CT molecular complexity index is 1080. The molecule has 7 nitrogen and oxygen atoms in total. The maximum atomic E-state index is 12.7. The topological polar surface area (TPSA) is 78.8 Å². The summed E-state index contributed by atoms with van der Waals surface area (Å²) in [6.45, 7) is 4.18. The molecule has 0 radical (unpaired) electrons. The molecule has 1 atom stereocenters. The minimum Gasteiger partial charge on any atom is -0.310 e. The summed E-state index contributed by atoms with van der Waals surface area (Å²) in [7, 11) is 0. The van der Waals surface area contributed by atoms with Crippen molar-refractivity contribution in [2.24, 2.45) is 5.92 Å². The molecule has 1 saturated heterocycles. The monoisotopic (exact) mass is 442 g/mol. The highest BCUT2D eigenvalue weighted by Gasteiger charge is 2.26. The number of halogens is 1. The van der Waals surface area contributed by atoms with E-state index in [2.05, 4.69) is 44.3 Å². The van der Waals surface area contributed by atoms with Crippen molar-refractivity contribution in [3.63, 3.8) is 0 Å². The second kappa shape index (κ2) is 9.07. The number of nitrogens with one attached hydrogen (secondary N) is 2. The van der Waals surface area contributed by atoms with Gasteiger partial charge in [0.1, 0.15) is 5.82 Å². The summed E-state index contributed by atoms with van der Waals surface area (Å²) in [5.41, 5.74) is 2.19. The number of hydrogen-bond acceptors (Lipinski definition) is 5. The first-order valence-electron chi connectivity index (χ1n) is 9.86. The summed E-state index contributed by atoms with van der Waals surface area (Å²) >= 11 is 11.3. The van der Waals surface area contributed by atoms with Gasteiger partial charge >= 0.3 is 0 Å². The number of H-pyrrole nitrogens is 1. The van der Waals surface area contributed by atoms with Gasteiger partial charge in [-0.15, -0.1) is 0 Å². The molecule has 9 heteroatoms. The molecule has 0 saturated carbocycles. The number of nitrogens with zero attached hydrogens (tertiary/aromatic N) is 4.